The van der Waals surface area contributed by atoms with Crippen LogP contribution < -0.4 is 5.32 Å². The van der Waals surface area contributed by atoms with E-state index in [1.807, 2.05) is 6.08 Å². The molecule has 0 amide bonds. The van der Waals surface area contributed by atoms with Crippen LogP contribution in [0.25, 0.3) is 10.8 Å². The Kier molecular flexibility index (Phi) is 8.38. The van der Waals surface area contributed by atoms with Crippen LogP contribution in [0.2, 0.25) is 0 Å². The number of rotatable bonds is 6. The zero-order valence-corrected chi connectivity index (χ0v) is 16.3. The molecule has 26 heavy (non-hydrogen) atoms. The van der Waals surface area contributed by atoms with Crippen LogP contribution >= 0.6 is 12.4 Å². The maximum atomic E-state index is 11.0. The minimum absolute atomic E-state index is 0. The van der Waals surface area contributed by atoms with Gasteiger partial charge in [0.25, 0.3) is 0 Å². The molecule has 4 heteroatoms. The fraction of sp³-hybridized carbons (Fsp3) is 0.318. The van der Waals surface area contributed by atoms with Gasteiger partial charge in [-0.3, -0.25) is 4.79 Å². The van der Waals surface area contributed by atoms with Gasteiger partial charge in [0.1, 0.15) is 0 Å². The predicted octanol–water partition coefficient (Wildman–Crippen LogP) is 4.97. The molecule has 0 heterocycles. The number of allylic oxidation sites excluding steroid dienone is 1. The summed E-state index contributed by atoms with van der Waals surface area (Å²) in [6, 6.07) is 15.0. The van der Waals surface area contributed by atoms with Gasteiger partial charge in [0.05, 0.1) is 5.41 Å². The summed E-state index contributed by atoms with van der Waals surface area (Å²) >= 11 is 0. The number of hydrogen-bond donors (Lipinski definition) is 2. The van der Waals surface area contributed by atoms with Crippen LogP contribution in [0.15, 0.2) is 54.6 Å². The first-order valence-electron chi connectivity index (χ1n) is 8.49. The van der Waals surface area contributed by atoms with Gasteiger partial charge >= 0.3 is 5.97 Å². The average Bonchev–Trinajstić information content (AvgIpc) is 2.60. The normalized spacial score (nSPS) is 12.3. The molecule has 0 saturated carbocycles. The van der Waals surface area contributed by atoms with E-state index in [2.05, 4.69) is 66.5 Å². The quantitative estimate of drug-likeness (QED) is 0.704. The number of aliphatic carboxylic acids is 1. The molecule has 0 radical (unpaired) electrons. The Balaban J connectivity index is 0.00000338. The Morgan fingerprint density at radius 2 is 1.92 bits per heavy atom. The monoisotopic (exact) mass is 371 g/mol. The highest BCUT2D eigenvalue weighted by Crippen LogP contribution is 2.23. The number of halogens is 1. The molecule has 2 N–H and O–H groups in total. The number of fused-ring (bicyclic) bond motifs is 1. The smallest absolute Gasteiger partial charge is 0.310 e. The summed E-state index contributed by atoms with van der Waals surface area (Å²) < 4.78 is 0. The standard InChI is InChI=1S/C22H25NO2.ClH/c1-17(19-14-10-12-18-11-6-7-13-20(18)19)23-16-9-5-4-8-15-22(2,3)21(24)25;/h5-7,9-14,17,23H,15-16H2,1-3H3,(H,24,25);1H/b9-5+;/t17-;/m1./s1. The molecule has 2 aromatic rings. The highest BCUT2D eigenvalue weighted by atomic mass is 35.5. The third-order valence-electron chi connectivity index (χ3n) is 4.24. The van der Waals surface area contributed by atoms with Gasteiger partial charge in [-0.1, -0.05) is 60.4 Å². The minimum Gasteiger partial charge on any atom is -0.481 e. The fourth-order valence-electron chi connectivity index (χ4n) is 2.51. The summed E-state index contributed by atoms with van der Waals surface area (Å²) in [5, 5.41) is 15.0. The number of carboxylic acids is 1. The van der Waals surface area contributed by atoms with Crippen molar-refractivity contribution in [2.45, 2.75) is 33.2 Å². The summed E-state index contributed by atoms with van der Waals surface area (Å²) in [5.74, 6) is 4.99. The predicted molar refractivity (Wildman–Crippen MR) is 111 cm³/mol. The Morgan fingerprint density at radius 3 is 2.65 bits per heavy atom. The molecule has 2 rings (SSSR count). The third kappa shape index (κ3) is 5.91. The van der Waals surface area contributed by atoms with E-state index in [-0.39, 0.29) is 18.4 Å². The lowest BCUT2D eigenvalue weighted by molar-refractivity contribution is -0.146. The van der Waals surface area contributed by atoms with E-state index in [0.717, 1.165) is 0 Å². The largest absolute Gasteiger partial charge is 0.481 e. The molecule has 0 spiro atoms. The van der Waals surface area contributed by atoms with Gasteiger partial charge < -0.3 is 10.4 Å². The number of hydrogen-bond acceptors (Lipinski definition) is 2. The molecule has 0 aliphatic rings. The molecule has 0 unspecified atom stereocenters. The molecule has 3 nitrogen and oxygen atoms in total. The third-order valence-corrected chi connectivity index (χ3v) is 4.24. The van der Waals surface area contributed by atoms with Gasteiger partial charge in [-0.05, 0) is 43.2 Å². The highest BCUT2D eigenvalue weighted by molar-refractivity contribution is 5.86. The second kappa shape index (κ2) is 10.0. The maximum absolute atomic E-state index is 11.0. The van der Waals surface area contributed by atoms with Gasteiger partial charge in [-0.15, -0.1) is 12.4 Å². The summed E-state index contributed by atoms with van der Waals surface area (Å²) in [7, 11) is 0. The van der Waals surface area contributed by atoms with Crippen molar-refractivity contribution in [2.75, 3.05) is 6.54 Å². The molecular formula is C22H26ClNO2. The van der Waals surface area contributed by atoms with Crippen LogP contribution in [-0.4, -0.2) is 17.6 Å². The van der Waals surface area contributed by atoms with Gasteiger partial charge in [0.2, 0.25) is 0 Å². The lowest BCUT2D eigenvalue weighted by atomic mass is 9.90. The zero-order chi connectivity index (χ0) is 18.3. The van der Waals surface area contributed by atoms with Crippen LogP contribution in [0.1, 0.15) is 38.8 Å². The van der Waals surface area contributed by atoms with Crippen LogP contribution in [-0.2, 0) is 4.79 Å². The lowest BCUT2D eigenvalue weighted by Gasteiger charge is -2.15. The zero-order valence-electron chi connectivity index (χ0n) is 15.5. The van der Waals surface area contributed by atoms with E-state index in [1.165, 1.54) is 16.3 Å². The highest BCUT2D eigenvalue weighted by Gasteiger charge is 2.25. The van der Waals surface area contributed by atoms with E-state index in [1.54, 1.807) is 19.9 Å². The van der Waals surface area contributed by atoms with Crippen molar-refractivity contribution in [2.24, 2.45) is 5.41 Å². The van der Waals surface area contributed by atoms with E-state index in [9.17, 15) is 4.79 Å². The van der Waals surface area contributed by atoms with Gasteiger partial charge in [0.15, 0.2) is 0 Å². The Morgan fingerprint density at radius 1 is 1.23 bits per heavy atom. The molecule has 0 saturated heterocycles. The van der Waals surface area contributed by atoms with Gasteiger partial charge in [-0.2, -0.15) is 0 Å². The Bertz CT molecular complexity index is 825. The number of benzene rings is 2. The molecule has 0 bridgehead atoms. The van der Waals surface area contributed by atoms with E-state index >= 15 is 0 Å². The summed E-state index contributed by atoms with van der Waals surface area (Å²) in [6.45, 7) is 6.22. The number of carbonyl (C=O) groups is 1. The van der Waals surface area contributed by atoms with Crippen molar-refractivity contribution in [3.63, 3.8) is 0 Å². The van der Waals surface area contributed by atoms with Crippen LogP contribution in [0.3, 0.4) is 0 Å². The Labute approximate surface area is 161 Å². The molecule has 0 aliphatic carbocycles. The van der Waals surface area contributed by atoms with Crippen molar-refractivity contribution < 1.29 is 9.90 Å². The summed E-state index contributed by atoms with van der Waals surface area (Å²) in [6.07, 6.45) is 4.08. The topological polar surface area (TPSA) is 49.3 Å². The Hall–Kier alpha value is -2.28. The molecule has 0 aliphatic heterocycles. The molecule has 138 valence electrons. The van der Waals surface area contributed by atoms with Crippen LogP contribution in [0.5, 0.6) is 0 Å². The second-order valence-electron chi connectivity index (χ2n) is 6.79. The first-order chi connectivity index (χ1) is 11.9. The van der Waals surface area contributed by atoms with Crippen molar-refractivity contribution in [3.8, 4) is 11.8 Å². The van der Waals surface area contributed by atoms with Gasteiger partial charge in [0, 0.05) is 19.0 Å². The number of carboxylic acid groups (broad SMARTS) is 1. The molecule has 2 aromatic carbocycles. The summed E-state index contributed by atoms with van der Waals surface area (Å²) in [4.78, 5) is 11.0. The average molecular weight is 372 g/mol. The van der Waals surface area contributed by atoms with Gasteiger partial charge in [-0.25, -0.2) is 0 Å². The summed E-state index contributed by atoms with van der Waals surface area (Å²) in [5.41, 5.74) is 0.475. The van der Waals surface area contributed by atoms with E-state index in [0.29, 0.717) is 13.0 Å². The maximum Gasteiger partial charge on any atom is 0.310 e. The van der Waals surface area contributed by atoms with Crippen molar-refractivity contribution in [1.29, 1.82) is 0 Å². The SMILES string of the molecule is C[C@@H](NC/C=C/C#CCC(C)(C)C(=O)O)c1cccc2ccccc12.Cl. The molecule has 0 fully saturated rings. The fourth-order valence-corrected chi connectivity index (χ4v) is 2.51. The van der Waals surface area contributed by atoms with Crippen molar-refractivity contribution in [3.05, 3.63) is 60.2 Å². The first-order valence-corrected chi connectivity index (χ1v) is 8.49. The lowest BCUT2D eigenvalue weighted by Crippen LogP contribution is -2.22. The minimum atomic E-state index is -0.823. The van der Waals surface area contributed by atoms with Crippen molar-refractivity contribution in [1.82, 2.24) is 5.32 Å². The first kappa shape index (κ1) is 21.8. The van der Waals surface area contributed by atoms with E-state index in [4.69, 9.17) is 5.11 Å². The van der Waals surface area contributed by atoms with E-state index < -0.39 is 11.4 Å². The number of nitrogens with one attached hydrogen (secondary N) is 1. The van der Waals surface area contributed by atoms with Crippen LogP contribution in [0.4, 0.5) is 0 Å². The molecule has 1 atom stereocenters. The van der Waals surface area contributed by atoms with Crippen LogP contribution in [0, 0.1) is 17.3 Å². The molecular weight excluding hydrogens is 346 g/mol. The second-order valence-corrected chi connectivity index (χ2v) is 6.79. The molecule has 0 aromatic heterocycles. The van der Waals surface area contributed by atoms with Crippen molar-refractivity contribution >= 4 is 29.1 Å².